The second-order valence-corrected chi connectivity index (χ2v) is 5.03. The van der Waals surface area contributed by atoms with Gasteiger partial charge >= 0.3 is 12.0 Å². The summed E-state index contributed by atoms with van der Waals surface area (Å²) in [5.74, 6) is -1.13. The number of amides is 2. The lowest BCUT2D eigenvalue weighted by atomic mass is 10.1. The summed E-state index contributed by atoms with van der Waals surface area (Å²) in [4.78, 5) is 24.1. The highest BCUT2D eigenvalue weighted by Gasteiger charge is 2.34. The number of nitrogens with one attached hydrogen (secondary N) is 1. The Bertz CT molecular complexity index is 517. The molecule has 0 radical (unpaired) electrons. The molecule has 1 atom stereocenters. The first-order chi connectivity index (χ1) is 9.47. The minimum Gasteiger partial charge on any atom is -0.481 e. The Morgan fingerprint density at radius 2 is 2.20 bits per heavy atom. The number of carboxylic acids is 1. The number of hydrogen-bond acceptors (Lipinski definition) is 2. The van der Waals surface area contributed by atoms with Crippen LogP contribution >= 0.6 is 0 Å². The van der Waals surface area contributed by atoms with E-state index in [4.69, 9.17) is 5.11 Å². The number of rotatable bonds is 5. The van der Waals surface area contributed by atoms with Crippen LogP contribution in [0.5, 0.6) is 0 Å². The third kappa shape index (κ3) is 3.69. The molecule has 2 amide bonds. The maximum Gasteiger partial charge on any atom is 0.321 e. The van der Waals surface area contributed by atoms with E-state index in [1.54, 1.807) is 6.07 Å². The Kier molecular flexibility index (Phi) is 4.22. The monoisotopic (exact) mass is 280 g/mol. The van der Waals surface area contributed by atoms with Crippen molar-refractivity contribution in [2.75, 3.05) is 11.9 Å². The van der Waals surface area contributed by atoms with E-state index in [-0.39, 0.29) is 18.4 Å². The highest BCUT2D eigenvalue weighted by molar-refractivity contribution is 5.91. The van der Waals surface area contributed by atoms with Gasteiger partial charge in [0, 0.05) is 18.8 Å². The Morgan fingerprint density at radius 1 is 1.50 bits per heavy atom. The Labute approximate surface area is 116 Å². The number of nitrogens with zero attached hydrogens (tertiary/aromatic N) is 1. The van der Waals surface area contributed by atoms with Gasteiger partial charge in [-0.2, -0.15) is 0 Å². The van der Waals surface area contributed by atoms with Gasteiger partial charge in [-0.15, -0.1) is 0 Å². The molecule has 6 heteroatoms. The van der Waals surface area contributed by atoms with Crippen molar-refractivity contribution in [1.29, 1.82) is 0 Å². The van der Waals surface area contributed by atoms with Gasteiger partial charge in [-0.1, -0.05) is 6.07 Å². The summed E-state index contributed by atoms with van der Waals surface area (Å²) in [6.45, 7) is 0. The van der Waals surface area contributed by atoms with Gasteiger partial charge in [-0.25, -0.2) is 9.18 Å². The zero-order valence-electron chi connectivity index (χ0n) is 11.2. The quantitative estimate of drug-likeness (QED) is 0.869. The number of carbonyl (C=O) groups excluding carboxylic acids is 1. The molecule has 0 aliphatic heterocycles. The smallest absolute Gasteiger partial charge is 0.321 e. The highest BCUT2D eigenvalue weighted by Crippen LogP contribution is 2.34. The van der Waals surface area contributed by atoms with E-state index in [1.165, 1.54) is 30.1 Å². The number of carbonyl (C=O) groups is 2. The summed E-state index contributed by atoms with van der Waals surface area (Å²) in [5.41, 5.74) is 0.423. The largest absolute Gasteiger partial charge is 0.481 e. The summed E-state index contributed by atoms with van der Waals surface area (Å²) in [6, 6.07) is 4.90. The van der Waals surface area contributed by atoms with Crippen LogP contribution < -0.4 is 10.2 Å². The van der Waals surface area contributed by atoms with E-state index >= 15 is 0 Å². The van der Waals surface area contributed by atoms with Crippen LogP contribution in [0.15, 0.2) is 24.3 Å². The molecule has 20 heavy (non-hydrogen) atoms. The first kappa shape index (κ1) is 14.3. The van der Waals surface area contributed by atoms with E-state index in [1.807, 2.05) is 0 Å². The number of halogens is 1. The van der Waals surface area contributed by atoms with Gasteiger partial charge in [0.2, 0.25) is 0 Å². The van der Waals surface area contributed by atoms with Crippen LogP contribution in [0, 0.1) is 11.7 Å². The van der Waals surface area contributed by atoms with Crippen LogP contribution in [0.4, 0.5) is 14.9 Å². The van der Waals surface area contributed by atoms with Crippen molar-refractivity contribution >= 4 is 17.7 Å². The van der Waals surface area contributed by atoms with E-state index in [0.717, 1.165) is 12.8 Å². The minimum atomic E-state index is -0.935. The standard InChI is InChI=1S/C14H17FN2O3/c1-17(11-4-2-3-10(15)7-11)14(20)16-12(8-13(18)19)9-5-6-9/h2-4,7,9,12H,5-6,8H2,1H3,(H,16,20)(H,18,19). The van der Waals surface area contributed by atoms with Crippen molar-refractivity contribution in [3.63, 3.8) is 0 Å². The molecule has 1 fully saturated rings. The van der Waals surface area contributed by atoms with Gasteiger partial charge < -0.3 is 10.4 Å². The fraction of sp³-hybridized carbons (Fsp3) is 0.429. The molecule has 0 aromatic heterocycles. The lowest BCUT2D eigenvalue weighted by Crippen LogP contribution is -2.45. The third-order valence-electron chi connectivity index (χ3n) is 3.39. The van der Waals surface area contributed by atoms with Crippen molar-refractivity contribution in [3.05, 3.63) is 30.1 Å². The van der Waals surface area contributed by atoms with Crippen molar-refractivity contribution < 1.29 is 19.1 Å². The molecule has 0 spiro atoms. The van der Waals surface area contributed by atoms with E-state index in [2.05, 4.69) is 5.32 Å². The molecule has 5 nitrogen and oxygen atoms in total. The molecule has 1 aromatic rings. The van der Waals surface area contributed by atoms with Crippen LogP contribution in [0.25, 0.3) is 0 Å². The molecule has 2 N–H and O–H groups in total. The molecule has 1 unspecified atom stereocenters. The number of anilines is 1. The molecule has 0 bridgehead atoms. The molecule has 0 saturated heterocycles. The second kappa shape index (κ2) is 5.90. The topological polar surface area (TPSA) is 69.6 Å². The third-order valence-corrected chi connectivity index (χ3v) is 3.39. The first-order valence-electron chi connectivity index (χ1n) is 6.49. The van der Waals surface area contributed by atoms with Crippen molar-refractivity contribution in [3.8, 4) is 0 Å². The number of aliphatic carboxylic acids is 1. The van der Waals surface area contributed by atoms with Gasteiger partial charge in [0.25, 0.3) is 0 Å². The number of benzene rings is 1. The first-order valence-corrected chi connectivity index (χ1v) is 6.49. The summed E-state index contributed by atoms with van der Waals surface area (Å²) in [7, 11) is 1.52. The molecule has 1 aliphatic carbocycles. The lowest BCUT2D eigenvalue weighted by molar-refractivity contribution is -0.137. The second-order valence-electron chi connectivity index (χ2n) is 5.03. The number of carboxylic acid groups (broad SMARTS) is 1. The molecular weight excluding hydrogens is 263 g/mol. The van der Waals surface area contributed by atoms with Gasteiger partial charge in [-0.3, -0.25) is 9.69 Å². The van der Waals surface area contributed by atoms with E-state index in [9.17, 15) is 14.0 Å². The van der Waals surface area contributed by atoms with Crippen molar-refractivity contribution in [2.45, 2.75) is 25.3 Å². The fourth-order valence-electron chi connectivity index (χ4n) is 2.08. The van der Waals surface area contributed by atoms with Crippen LogP contribution in [0.2, 0.25) is 0 Å². The SMILES string of the molecule is CN(C(=O)NC(CC(=O)O)C1CC1)c1cccc(F)c1. The molecule has 1 aliphatic rings. The maximum absolute atomic E-state index is 13.1. The molecule has 0 heterocycles. The van der Waals surface area contributed by atoms with Crippen molar-refractivity contribution in [1.82, 2.24) is 5.32 Å². The molecule has 1 aromatic carbocycles. The van der Waals surface area contributed by atoms with Gasteiger partial charge in [-0.05, 0) is 37.0 Å². The Morgan fingerprint density at radius 3 is 2.75 bits per heavy atom. The van der Waals surface area contributed by atoms with Crippen LogP contribution in [-0.2, 0) is 4.79 Å². The van der Waals surface area contributed by atoms with Crippen LogP contribution in [0.1, 0.15) is 19.3 Å². The summed E-state index contributed by atoms with van der Waals surface area (Å²) >= 11 is 0. The zero-order valence-corrected chi connectivity index (χ0v) is 11.2. The van der Waals surface area contributed by atoms with Crippen molar-refractivity contribution in [2.24, 2.45) is 5.92 Å². The van der Waals surface area contributed by atoms with Gasteiger partial charge in [0.1, 0.15) is 5.82 Å². The summed E-state index contributed by atoms with van der Waals surface area (Å²) in [5, 5.41) is 11.6. The van der Waals surface area contributed by atoms with Crippen LogP contribution in [0.3, 0.4) is 0 Å². The van der Waals surface area contributed by atoms with E-state index < -0.39 is 17.8 Å². The molecular formula is C14H17FN2O3. The highest BCUT2D eigenvalue weighted by atomic mass is 19.1. The van der Waals surface area contributed by atoms with Gasteiger partial charge in [0.15, 0.2) is 0 Å². The van der Waals surface area contributed by atoms with Crippen LogP contribution in [-0.4, -0.2) is 30.2 Å². The zero-order chi connectivity index (χ0) is 14.7. The summed E-state index contributed by atoms with van der Waals surface area (Å²) in [6.07, 6.45) is 1.78. The molecule has 2 rings (SSSR count). The maximum atomic E-state index is 13.1. The average Bonchev–Trinajstić information content (AvgIpc) is 3.20. The minimum absolute atomic E-state index is 0.0899. The molecule has 1 saturated carbocycles. The van der Waals surface area contributed by atoms with E-state index in [0.29, 0.717) is 5.69 Å². The summed E-state index contributed by atoms with van der Waals surface area (Å²) < 4.78 is 13.1. The fourth-order valence-corrected chi connectivity index (χ4v) is 2.08. The average molecular weight is 280 g/mol. The predicted octanol–water partition coefficient (Wildman–Crippen LogP) is 2.22. The molecule has 108 valence electrons. The lowest BCUT2D eigenvalue weighted by Gasteiger charge is -2.22. The normalized spacial score (nSPS) is 15.5. The number of hydrogen-bond donors (Lipinski definition) is 2. The number of urea groups is 1. The Balaban J connectivity index is 2.00. The predicted molar refractivity (Wildman–Crippen MR) is 72.1 cm³/mol. The Hall–Kier alpha value is -2.11. The van der Waals surface area contributed by atoms with Gasteiger partial charge in [0.05, 0.1) is 6.42 Å².